The van der Waals surface area contributed by atoms with Crippen LogP contribution >= 0.6 is 15.9 Å². The van der Waals surface area contributed by atoms with E-state index >= 15 is 0 Å². The second-order valence-corrected chi connectivity index (χ2v) is 7.99. The van der Waals surface area contributed by atoms with E-state index in [-0.39, 0.29) is 21.2 Å². The molecule has 0 heterocycles. The van der Waals surface area contributed by atoms with Gasteiger partial charge in [-0.05, 0) is 25.0 Å². The van der Waals surface area contributed by atoms with Gasteiger partial charge in [-0.3, -0.25) is 0 Å². The summed E-state index contributed by atoms with van der Waals surface area (Å²) >= 11 is 3.75. The Kier molecular flexibility index (Phi) is 9.95. The van der Waals surface area contributed by atoms with Crippen LogP contribution in [0.4, 0.5) is 0 Å². The fourth-order valence-electron chi connectivity index (χ4n) is 1.74. The molecule has 0 N–H and O–H groups in total. The zero-order chi connectivity index (χ0) is 13.1. The van der Waals surface area contributed by atoms with Crippen molar-refractivity contribution in [3.63, 3.8) is 0 Å². The molecule has 0 atom stereocenters. The molecule has 0 aliphatic heterocycles. The third-order valence-corrected chi connectivity index (χ3v) is 6.78. The van der Waals surface area contributed by atoms with Crippen LogP contribution in [0.3, 0.4) is 0 Å². The van der Waals surface area contributed by atoms with Gasteiger partial charge in [-0.1, -0.05) is 73.2 Å². The van der Waals surface area contributed by atoms with Crippen LogP contribution in [0.1, 0.15) is 51.9 Å². The van der Waals surface area contributed by atoms with Crippen molar-refractivity contribution in [2.75, 3.05) is 0 Å². The Hall–Kier alpha value is 0.170. The van der Waals surface area contributed by atoms with Crippen molar-refractivity contribution in [2.24, 2.45) is 0 Å². The minimum atomic E-state index is 0.0455. The highest BCUT2D eigenvalue weighted by molar-refractivity contribution is 9.11. The van der Waals surface area contributed by atoms with Gasteiger partial charge in [0.15, 0.2) is 7.65 Å². The first-order valence-corrected chi connectivity index (χ1v) is 9.97. The summed E-state index contributed by atoms with van der Waals surface area (Å²) in [7, 11) is 0. The van der Waals surface area contributed by atoms with Crippen molar-refractivity contribution in [1.29, 1.82) is 0 Å². The van der Waals surface area contributed by atoms with Crippen LogP contribution in [-0.2, 0) is 0 Å². The van der Waals surface area contributed by atoms with E-state index < -0.39 is 0 Å². The van der Waals surface area contributed by atoms with Gasteiger partial charge in [0.05, 0.1) is 0 Å². The summed E-state index contributed by atoms with van der Waals surface area (Å²) in [6.45, 7) is 2.27. The van der Waals surface area contributed by atoms with Gasteiger partial charge in [0, 0.05) is 4.48 Å². The molecule has 1 rings (SSSR count). The summed E-state index contributed by atoms with van der Waals surface area (Å²) in [6, 6.07) is 10.8. The molecule has 0 saturated carbocycles. The average Bonchev–Trinajstić information content (AvgIpc) is 2.41. The Morgan fingerprint density at radius 3 is 2.44 bits per heavy atom. The molecule has 0 aliphatic carbocycles. The predicted molar refractivity (Wildman–Crippen MR) is 80.1 cm³/mol. The number of rotatable bonds is 9. The first-order valence-electron chi connectivity index (χ1n) is 6.86. The van der Waals surface area contributed by atoms with Gasteiger partial charge in [0.2, 0.25) is 0 Å². The molecule has 0 spiro atoms. The molecule has 0 aliphatic rings. The van der Waals surface area contributed by atoms with Crippen LogP contribution in [0, 0.1) is 3.57 Å². The quantitative estimate of drug-likeness (QED) is 0.424. The molecule has 0 bridgehead atoms. The lowest BCUT2D eigenvalue weighted by atomic mass is 10.1. The maximum atomic E-state index is 3.71. The van der Waals surface area contributed by atoms with Crippen molar-refractivity contribution in [3.05, 3.63) is 42.5 Å². The standard InChI is InChI=1S/C16H23BrI/c1-2-3-4-5-6-8-11-15(17)14-18-16-12-9-7-10-13-16/h7,9-10,12-14H,2-6,8,11H2,1H3/q+1/b15-14-. The minimum absolute atomic E-state index is 0.0455. The maximum absolute atomic E-state index is 3.71. The molecular formula is C16H23BrI+. The van der Waals surface area contributed by atoms with Crippen molar-refractivity contribution >= 4 is 15.9 Å². The number of hydrogen-bond acceptors (Lipinski definition) is 0. The Morgan fingerprint density at radius 1 is 1.06 bits per heavy atom. The smallest absolute Gasteiger partial charge is 0.0654 e. The minimum Gasteiger partial charge on any atom is -0.0654 e. The third kappa shape index (κ3) is 8.30. The summed E-state index contributed by atoms with van der Waals surface area (Å²) in [4.78, 5) is 0. The number of unbranched alkanes of at least 4 members (excludes halogenated alkanes) is 5. The molecule has 0 radical (unpaired) electrons. The van der Waals surface area contributed by atoms with E-state index in [2.05, 4.69) is 57.3 Å². The van der Waals surface area contributed by atoms with E-state index in [1.807, 2.05) is 0 Å². The Morgan fingerprint density at radius 2 is 1.72 bits per heavy atom. The van der Waals surface area contributed by atoms with Gasteiger partial charge >= 0.3 is 21.2 Å². The van der Waals surface area contributed by atoms with Gasteiger partial charge in [-0.15, -0.1) is 0 Å². The zero-order valence-electron chi connectivity index (χ0n) is 11.2. The van der Waals surface area contributed by atoms with E-state index in [1.165, 1.54) is 53.0 Å². The second kappa shape index (κ2) is 11.0. The van der Waals surface area contributed by atoms with E-state index in [4.69, 9.17) is 0 Å². The van der Waals surface area contributed by atoms with Gasteiger partial charge in [0.1, 0.15) is 0 Å². The van der Waals surface area contributed by atoms with Crippen LogP contribution < -0.4 is 21.2 Å². The summed E-state index contributed by atoms with van der Waals surface area (Å²) in [6.07, 6.45) is 9.49. The fraction of sp³-hybridized carbons (Fsp3) is 0.500. The first kappa shape index (κ1) is 16.2. The van der Waals surface area contributed by atoms with Gasteiger partial charge in [0.25, 0.3) is 0 Å². The van der Waals surface area contributed by atoms with E-state index in [0.717, 1.165) is 0 Å². The molecule has 0 aromatic heterocycles. The molecule has 1 aromatic carbocycles. The highest BCUT2D eigenvalue weighted by atomic mass is 127. The largest absolute Gasteiger partial charge is 0.350 e. The van der Waals surface area contributed by atoms with E-state index in [1.54, 1.807) is 0 Å². The SMILES string of the molecule is CCCCCCCC/C(Br)=C/[I+]c1ccccc1. The predicted octanol–water partition coefficient (Wildman–Crippen LogP) is 2.93. The molecule has 0 nitrogen and oxygen atoms in total. The fourth-order valence-corrected chi connectivity index (χ4v) is 4.44. The summed E-state index contributed by atoms with van der Waals surface area (Å²) in [5.41, 5.74) is 0. The van der Waals surface area contributed by atoms with Gasteiger partial charge in [-0.2, -0.15) is 0 Å². The topological polar surface area (TPSA) is 0 Å². The molecule has 0 saturated heterocycles. The van der Waals surface area contributed by atoms with Crippen LogP contribution in [0.15, 0.2) is 38.9 Å². The Bertz CT molecular complexity index is 332. The second-order valence-electron chi connectivity index (χ2n) is 4.48. The average molecular weight is 422 g/mol. The molecule has 18 heavy (non-hydrogen) atoms. The zero-order valence-corrected chi connectivity index (χ0v) is 14.9. The van der Waals surface area contributed by atoms with E-state index in [0.29, 0.717) is 0 Å². The highest BCUT2D eigenvalue weighted by Gasteiger charge is 2.08. The third-order valence-electron chi connectivity index (χ3n) is 2.80. The molecule has 0 amide bonds. The van der Waals surface area contributed by atoms with Crippen molar-refractivity contribution in [3.8, 4) is 0 Å². The lowest BCUT2D eigenvalue weighted by Gasteiger charge is -1.98. The Labute approximate surface area is 131 Å². The van der Waals surface area contributed by atoms with Crippen LogP contribution in [0.5, 0.6) is 0 Å². The lowest BCUT2D eigenvalue weighted by Crippen LogP contribution is -3.59. The molecule has 1 aromatic rings. The van der Waals surface area contributed by atoms with Crippen molar-refractivity contribution < 1.29 is 21.2 Å². The summed E-state index contributed by atoms with van der Waals surface area (Å²) in [5.74, 6) is 0. The normalized spacial score (nSPS) is 11.8. The molecular weight excluding hydrogens is 399 g/mol. The number of allylic oxidation sites excluding steroid dienone is 1. The summed E-state index contributed by atoms with van der Waals surface area (Å²) < 4.78 is 5.33. The number of halogens is 2. The van der Waals surface area contributed by atoms with Gasteiger partial charge < -0.3 is 0 Å². The molecule has 0 fully saturated rings. The van der Waals surface area contributed by atoms with Crippen LogP contribution in [-0.4, -0.2) is 0 Å². The monoisotopic (exact) mass is 421 g/mol. The van der Waals surface area contributed by atoms with Crippen molar-refractivity contribution in [2.45, 2.75) is 51.9 Å². The highest BCUT2D eigenvalue weighted by Crippen LogP contribution is 2.14. The van der Waals surface area contributed by atoms with Crippen LogP contribution in [0.25, 0.3) is 0 Å². The van der Waals surface area contributed by atoms with Crippen molar-refractivity contribution in [1.82, 2.24) is 0 Å². The maximum Gasteiger partial charge on any atom is 0.350 e. The number of hydrogen-bond donors (Lipinski definition) is 0. The lowest BCUT2D eigenvalue weighted by molar-refractivity contribution is -0.557. The number of benzene rings is 1. The van der Waals surface area contributed by atoms with E-state index in [9.17, 15) is 0 Å². The first-order chi connectivity index (χ1) is 8.83. The van der Waals surface area contributed by atoms with Crippen LogP contribution in [0.2, 0.25) is 0 Å². The Balaban J connectivity index is 2.11. The summed E-state index contributed by atoms with van der Waals surface area (Å²) in [5, 5.41) is 0. The molecule has 100 valence electrons. The molecule has 2 heteroatoms. The molecule has 0 unspecified atom stereocenters. The van der Waals surface area contributed by atoms with Gasteiger partial charge in [-0.25, -0.2) is 0 Å².